The molecule has 0 radical (unpaired) electrons. The van der Waals surface area contributed by atoms with E-state index in [0.29, 0.717) is 32.1 Å². The minimum Gasteiger partial charge on any atom is -0.469 e. The molecule has 242 valence electrons. The van der Waals surface area contributed by atoms with Gasteiger partial charge in [-0.1, -0.05) is 60.1 Å². The first kappa shape index (κ1) is 32.7. The number of fused-ring (bicyclic) bond motifs is 7. The van der Waals surface area contributed by atoms with Gasteiger partial charge >= 0.3 is 5.97 Å². The molecule has 5 aliphatic carbocycles. The lowest BCUT2D eigenvalue weighted by Gasteiger charge is -2.71. The van der Waals surface area contributed by atoms with Crippen LogP contribution >= 0.6 is 0 Å². The van der Waals surface area contributed by atoms with E-state index >= 15 is 0 Å². The summed E-state index contributed by atoms with van der Waals surface area (Å²) in [5.41, 5.74) is 0.610. The molecule has 0 spiro atoms. The number of rotatable bonds is 7. The molecule has 0 bridgehead atoms. The van der Waals surface area contributed by atoms with E-state index in [2.05, 4.69) is 59.9 Å². The highest BCUT2D eigenvalue weighted by Crippen LogP contribution is 2.75. The lowest BCUT2D eigenvalue weighted by Crippen LogP contribution is -2.66. The topological polar surface area (TPSA) is 81.7 Å². The number of amides is 1. The molecule has 5 aliphatic rings. The molecule has 6 nitrogen and oxygen atoms in total. The van der Waals surface area contributed by atoms with Crippen LogP contribution in [0, 0.1) is 56.2 Å². The van der Waals surface area contributed by atoms with Gasteiger partial charge in [0.25, 0.3) is 0 Å². The Morgan fingerprint density at radius 3 is 2.33 bits per heavy atom. The Bertz CT molecular complexity index is 1170. The number of hydrogen-bond donors (Lipinski definition) is 1. The molecule has 0 aromatic carbocycles. The molecule has 0 aromatic rings. The standard InChI is InChI=1S/C37H59NO5/c1-10-43-21-11-20-38-30(40)24-22-34(6)27(33(4,5)29(24)39)14-15-36(8)28(34)13-12-25-26-23-32(2,3)16-18-37(26,31(41)42-9)19-17-35(25,36)7/h12,24,26-28H,10-11,13-23H2,1-9H3,(H,38,40)/t24?,26?,27?,28?,34-,35+,36+,37-/m0/s1. The highest BCUT2D eigenvalue weighted by Gasteiger charge is 2.70. The Hall–Kier alpha value is -1.69. The molecule has 0 aliphatic heterocycles. The van der Waals surface area contributed by atoms with Gasteiger partial charge in [-0.25, -0.2) is 0 Å². The van der Waals surface area contributed by atoms with Crippen LogP contribution in [0.5, 0.6) is 0 Å². The second-order valence-corrected chi connectivity index (χ2v) is 17.0. The normalized spacial score (nSPS) is 42.8. The fraction of sp³-hybridized carbons (Fsp3) is 0.865. The first-order valence-corrected chi connectivity index (χ1v) is 17.2. The third-order valence-corrected chi connectivity index (χ3v) is 14.2. The van der Waals surface area contributed by atoms with E-state index in [-0.39, 0.29) is 51.2 Å². The summed E-state index contributed by atoms with van der Waals surface area (Å²) in [5.74, 6) is 0.218. The molecule has 0 aromatic heterocycles. The first-order chi connectivity index (χ1) is 20.0. The molecule has 0 saturated heterocycles. The van der Waals surface area contributed by atoms with E-state index in [1.165, 1.54) is 5.57 Å². The van der Waals surface area contributed by atoms with Gasteiger partial charge in [-0.3, -0.25) is 14.4 Å². The number of nitrogens with one attached hydrogen (secondary N) is 1. The number of methoxy groups -OCH3 is 1. The number of ketones is 1. The molecule has 6 heteroatoms. The number of esters is 1. The fourth-order valence-electron chi connectivity index (χ4n) is 11.7. The van der Waals surface area contributed by atoms with Crippen molar-refractivity contribution in [2.75, 3.05) is 26.9 Å². The number of allylic oxidation sites excluding steroid dienone is 2. The molecule has 1 amide bonds. The van der Waals surface area contributed by atoms with Crippen molar-refractivity contribution in [1.29, 1.82) is 0 Å². The summed E-state index contributed by atoms with van der Waals surface area (Å²) in [5, 5.41) is 3.09. The van der Waals surface area contributed by atoms with Crippen LogP contribution in [0.15, 0.2) is 11.6 Å². The quantitative estimate of drug-likeness (QED) is 0.144. The van der Waals surface area contributed by atoms with E-state index in [1.807, 2.05) is 6.92 Å². The average molecular weight is 598 g/mol. The van der Waals surface area contributed by atoms with Crippen LogP contribution in [0.4, 0.5) is 0 Å². The molecule has 8 atom stereocenters. The Morgan fingerprint density at radius 2 is 1.65 bits per heavy atom. The summed E-state index contributed by atoms with van der Waals surface area (Å²) < 4.78 is 11.0. The maximum Gasteiger partial charge on any atom is 0.312 e. The molecular weight excluding hydrogens is 538 g/mol. The number of carbonyl (C=O) groups is 3. The fourth-order valence-corrected chi connectivity index (χ4v) is 11.7. The van der Waals surface area contributed by atoms with Crippen LogP contribution < -0.4 is 5.32 Å². The van der Waals surface area contributed by atoms with Crippen molar-refractivity contribution >= 4 is 17.7 Å². The summed E-state index contributed by atoms with van der Waals surface area (Å²) in [6, 6.07) is 0. The smallest absolute Gasteiger partial charge is 0.312 e. The predicted octanol–water partition coefficient (Wildman–Crippen LogP) is 7.30. The lowest BCUT2D eigenvalue weighted by atomic mass is 9.33. The average Bonchev–Trinajstić information content (AvgIpc) is 2.94. The minimum atomic E-state index is -0.610. The molecule has 4 unspecified atom stereocenters. The van der Waals surface area contributed by atoms with E-state index in [1.54, 1.807) is 7.11 Å². The third-order valence-electron chi connectivity index (χ3n) is 14.2. The van der Waals surface area contributed by atoms with Crippen LogP contribution in [0.3, 0.4) is 0 Å². The molecule has 43 heavy (non-hydrogen) atoms. The molecule has 4 saturated carbocycles. The Morgan fingerprint density at radius 1 is 0.953 bits per heavy atom. The third kappa shape index (κ3) is 4.77. The molecular formula is C37H59NO5. The second-order valence-electron chi connectivity index (χ2n) is 17.0. The number of ether oxygens (including phenoxy) is 2. The zero-order chi connectivity index (χ0) is 31.6. The molecule has 1 N–H and O–H groups in total. The predicted molar refractivity (Wildman–Crippen MR) is 169 cm³/mol. The van der Waals surface area contributed by atoms with Gasteiger partial charge < -0.3 is 14.8 Å². The summed E-state index contributed by atoms with van der Waals surface area (Å²) >= 11 is 0. The largest absolute Gasteiger partial charge is 0.469 e. The van der Waals surface area contributed by atoms with Crippen molar-refractivity contribution in [3.8, 4) is 0 Å². The maximum absolute atomic E-state index is 14.0. The van der Waals surface area contributed by atoms with Crippen LogP contribution in [0.2, 0.25) is 0 Å². The SMILES string of the molecule is CCOCCCNC(=O)C1C[C@@]2(C)C(CC[C@]3(C)C2CC=C2C4CC(C)(C)CC[C@]4(C(=O)OC)CC[C@]23C)C(C)(C)C1=O. The summed E-state index contributed by atoms with van der Waals surface area (Å²) in [6.07, 6.45) is 11.8. The van der Waals surface area contributed by atoms with Gasteiger partial charge in [0.05, 0.1) is 18.4 Å². The van der Waals surface area contributed by atoms with Gasteiger partial charge in [0.15, 0.2) is 5.78 Å². The number of hydrogen-bond acceptors (Lipinski definition) is 5. The van der Waals surface area contributed by atoms with Gasteiger partial charge in [-0.2, -0.15) is 0 Å². The van der Waals surface area contributed by atoms with Gasteiger partial charge in [0.1, 0.15) is 0 Å². The Kier molecular flexibility index (Phi) is 8.35. The van der Waals surface area contributed by atoms with Gasteiger partial charge in [-0.05, 0) is 111 Å². The Labute approximate surface area is 260 Å². The number of carbonyl (C=O) groups excluding carboxylic acids is 3. The highest BCUT2D eigenvalue weighted by atomic mass is 16.5. The molecule has 4 fully saturated rings. The van der Waals surface area contributed by atoms with Gasteiger partial charge in [0, 0.05) is 25.2 Å². The van der Waals surface area contributed by atoms with Crippen molar-refractivity contribution < 1.29 is 23.9 Å². The number of Topliss-reactive ketones (excluding diaryl/α,β-unsaturated/α-hetero) is 1. The van der Waals surface area contributed by atoms with Crippen LogP contribution in [0.25, 0.3) is 0 Å². The monoisotopic (exact) mass is 597 g/mol. The molecule has 0 heterocycles. The van der Waals surface area contributed by atoms with Crippen molar-refractivity contribution in [3.63, 3.8) is 0 Å². The zero-order valence-electron chi connectivity index (χ0n) is 28.6. The van der Waals surface area contributed by atoms with Crippen LogP contribution in [-0.2, 0) is 23.9 Å². The van der Waals surface area contributed by atoms with E-state index < -0.39 is 16.7 Å². The zero-order valence-corrected chi connectivity index (χ0v) is 28.6. The Balaban J connectivity index is 1.50. The van der Waals surface area contributed by atoms with Gasteiger partial charge in [0.2, 0.25) is 5.91 Å². The van der Waals surface area contributed by atoms with Gasteiger partial charge in [-0.15, -0.1) is 0 Å². The van der Waals surface area contributed by atoms with Crippen LogP contribution in [0.1, 0.15) is 120 Å². The summed E-state index contributed by atoms with van der Waals surface area (Å²) in [6.45, 7) is 20.2. The summed E-state index contributed by atoms with van der Waals surface area (Å²) in [7, 11) is 1.56. The maximum atomic E-state index is 14.0. The minimum absolute atomic E-state index is 0.0125. The van der Waals surface area contributed by atoms with Crippen LogP contribution in [-0.4, -0.2) is 44.5 Å². The van der Waals surface area contributed by atoms with E-state index in [9.17, 15) is 14.4 Å². The van der Waals surface area contributed by atoms with Crippen molar-refractivity contribution in [2.24, 2.45) is 56.2 Å². The first-order valence-electron chi connectivity index (χ1n) is 17.2. The van der Waals surface area contributed by atoms with Crippen molar-refractivity contribution in [1.82, 2.24) is 5.32 Å². The van der Waals surface area contributed by atoms with E-state index in [4.69, 9.17) is 9.47 Å². The second kappa shape index (κ2) is 11.0. The van der Waals surface area contributed by atoms with Crippen molar-refractivity contribution in [2.45, 2.75) is 120 Å². The molecule has 5 rings (SSSR count). The highest BCUT2D eigenvalue weighted by molar-refractivity contribution is 6.04. The van der Waals surface area contributed by atoms with Crippen molar-refractivity contribution in [3.05, 3.63) is 11.6 Å². The lowest BCUT2D eigenvalue weighted by molar-refractivity contribution is -0.196. The van der Waals surface area contributed by atoms with E-state index in [0.717, 1.165) is 57.8 Å². The summed E-state index contributed by atoms with van der Waals surface area (Å²) in [4.78, 5) is 41.1.